The van der Waals surface area contributed by atoms with Gasteiger partial charge in [-0.2, -0.15) is 0 Å². The fourth-order valence-corrected chi connectivity index (χ4v) is 3.19. The maximum Gasteiger partial charge on any atom is 0.290 e. The predicted molar refractivity (Wildman–Crippen MR) is 92.3 cm³/mol. The lowest BCUT2D eigenvalue weighted by Gasteiger charge is -2.23. The van der Waals surface area contributed by atoms with Gasteiger partial charge in [0.1, 0.15) is 6.04 Å². The number of hydrogen-bond acceptors (Lipinski definition) is 4. The summed E-state index contributed by atoms with van der Waals surface area (Å²) in [5, 5.41) is 3.25. The maximum absolute atomic E-state index is 12.6. The van der Waals surface area contributed by atoms with Crippen molar-refractivity contribution in [3.63, 3.8) is 0 Å². The zero-order chi connectivity index (χ0) is 17.3. The van der Waals surface area contributed by atoms with E-state index in [2.05, 4.69) is 5.32 Å². The highest BCUT2D eigenvalue weighted by molar-refractivity contribution is 6.39. The molecular formula is C16H15Cl2N3O3. The summed E-state index contributed by atoms with van der Waals surface area (Å²) in [7, 11) is 0. The van der Waals surface area contributed by atoms with Crippen LogP contribution in [0.1, 0.15) is 23.4 Å². The Hall–Kier alpha value is -2.18. The number of nitrogen functional groups attached to an aromatic ring is 1. The second kappa shape index (κ2) is 6.75. The van der Waals surface area contributed by atoms with Crippen LogP contribution in [-0.2, 0) is 4.79 Å². The smallest absolute Gasteiger partial charge is 0.290 e. The maximum atomic E-state index is 12.6. The Balaban J connectivity index is 1.75. The van der Waals surface area contributed by atoms with Gasteiger partial charge in [0.15, 0.2) is 5.76 Å². The quantitative estimate of drug-likeness (QED) is 0.813. The number of nitrogens with two attached hydrogens (primary N) is 1. The Bertz CT molecular complexity index is 754. The van der Waals surface area contributed by atoms with E-state index in [-0.39, 0.29) is 33.3 Å². The molecule has 2 aromatic rings. The first-order chi connectivity index (χ1) is 11.5. The summed E-state index contributed by atoms with van der Waals surface area (Å²) in [5.74, 6) is -0.386. The van der Waals surface area contributed by atoms with Crippen molar-refractivity contribution in [1.29, 1.82) is 0 Å². The summed E-state index contributed by atoms with van der Waals surface area (Å²) in [6.45, 7) is 0.501. The SMILES string of the molecule is Nc1c(Cl)cc(NC(=O)[C@@H]2CCCN2C(=O)c2ccco2)cc1Cl. The molecule has 1 saturated heterocycles. The average molecular weight is 368 g/mol. The molecule has 2 heterocycles. The van der Waals surface area contributed by atoms with Gasteiger partial charge in [0.05, 0.1) is 22.0 Å². The third kappa shape index (κ3) is 3.20. The number of furan rings is 1. The Labute approximate surface area is 148 Å². The van der Waals surface area contributed by atoms with Crippen LogP contribution in [0.5, 0.6) is 0 Å². The van der Waals surface area contributed by atoms with Crippen LogP contribution < -0.4 is 11.1 Å². The van der Waals surface area contributed by atoms with Gasteiger partial charge in [-0.1, -0.05) is 23.2 Å². The molecule has 1 atom stereocenters. The van der Waals surface area contributed by atoms with Crippen LogP contribution in [0.25, 0.3) is 0 Å². The summed E-state index contributed by atoms with van der Waals surface area (Å²) in [5.41, 5.74) is 6.37. The van der Waals surface area contributed by atoms with E-state index in [4.69, 9.17) is 33.4 Å². The Kier molecular flexibility index (Phi) is 4.69. The zero-order valence-corrected chi connectivity index (χ0v) is 14.1. The largest absolute Gasteiger partial charge is 0.459 e. The summed E-state index contributed by atoms with van der Waals surface area (Å²) in [6, 6.07) is 5.69. The van der Waals surface area contributed by atoms with Crippen molar-refractivity contribution < 1.29 is 14.0 Å². The summed E-state index contributed by atoms with van der Waals surface area (Å²) in [6.07, 6.45) is 2.75. The van der Waals surface area contributed by atoms with E-state index < -0.39 is 6.04 Å². The number of amides is 2. The third-order valence-corrected chi connectivity index (χ3v) is 4.52. The lowest BCUT2D eigenvalue weighted by molar-refractivity contribution is -0.119. The van der Waals surface area contributed by atoms with Crippen molar-refractivity contribution in [3.05, 3.63) is 46.3 Å². The van der Waals surface area contributed by atoms with Crippen LogP contribution in [0.4, 0.5) is 11.4 Å². The minimum Gasteiger partial charge on any atom is -0.459 e. The molecule has 2 amide bonds. The van der Waals surface area contributed by atoms with Gasteiger partial charge in [-0.15, -0.1) is 0 Å². The van der Waals surface area contributed by atoms with E-state index in [1.54, 1.807) is 12.1 Å². The predicted octanol–water partition coefficient (Wildman–Crippen LogP) is 3.41. The highest BCUT2D eigenvalue weighted by Gasteiger charge is 2.35. The number of anilines is 2. The van der Waals surface area contributed by atoms with Crippen LogP contribution in [0.15, 0.2) is 34.9 Å². The number of nitrogens with one attached hydrogen (secondary N) is 1. The topological polar surface area (TPSA) is 88.6 Å². The first-order valence-corrected chi connectivity index (χ1v) is 8.13. The molecule has 0 aliphatic carbocycles. The summed E-state index contributed by atoms with van der Waals surface area (Å²) >= 11 is 11.9. The van der Waals surface area contributed by atoms with Crippen molar-refractivity contribution in [2.24, 2.45) is 0 Å². The lowest BCUT2D eigenvalue weighted by atomic mass is 10.2. The minimum atomic E-state index is -0.572. The van der Waals surface area contributed by atoms with E-state index >= 15 is 0 Å². The number of carbonyl (C=O) groups excluding carboxylic acids is 2. The fourth-order valence-electron chi connectivity index (χ4n) is 2.71. The second-order valence-corrected chi connectivity index (χ2v) is 6.29. The van der Waals surface area contributed by atoms with Gasteiger partial charge < -0.3 is 20.4 Å². The molecule has 1 fully saturated rings. The van der Waals surface area contributed by atoms with Crippen molar-refractivity contribution in [3.8, 4) is 0 Å². The molecule has 0 saturated carbocycles. The van der Waals surface area contributed by atoms with Crippen molar-refractivity contribution in [2.75, 3.05) is 17.6 Å². The number of rotatable bonds is 3. The first-order valence-electron chi connectivity index (χ1n) is 7.37. The van der Waals surface area contributed by atoms with Crippen LogP contribution in [-0.4, -0.2) is 29.3 Å². The van der Waals surface area contributed by atoms with Gasteiger partial charge in [0, 0.05) is 12.2 Å². The number of halogens is 2. The minimum absolute atomic E-state index is 0.216. The van der Waals surface area contributed by atoms with Crippen molar-refractivity contribution in [1.82, 2.24) is 4.90 Å². The van der Waals surface area contributed by atoms with Crippen LogP contribution in [0.3, 0.4) is 0 Å². The number of likely N-dealkylation sites (tertiary alicyclic amines) is 1. The molecule has 1 aromatic carbocycles. The van der Waals surface area contributed by atoms with Crippen LogP contribution >= 0.6 is 23.2 Å². The Morgan fingerprint density at radius 1 is 1.29 bits per heavy atom. The average Bonchev–Trinajstić information content (AvgIpc) is 3.22. The summed E-state index contributed by atoms with van der Waals surface area (Å²) in [4.78, 5) is 26.5. The van der Waals surface area contributed by atoms with Gasteiger partial charge in [-0.05, 0) is 37.1 Å². The van der Waals surface area contributed by atoms with Gasteiger partial charge in [0.25, 0.3) is 5.91 Å². The number of benzene rings is 1. The molecule has 1 aliphatic rings. The third-order valence-electron chi connectivity index (χ3n) is 3.89. The lowest BCUT2D eigenvalue weighted by Crippen LogP contribution is -2.43. The molecule has 8 heteroatoms. The van der Waals surface area contributed by atoms with E-state index in [9.17, 15) is 9.59 Å². The first kappa shape index (κ1) is 16.7. The molecule has 1 aromatic heterocycles. The molecule has 0 radical (unpaired) electrons. The van der Waals surface area contributed by atoms with Crippen molar-refractivity contribution in [2.45, 2.75) is 18.9 Å². The summed E-state index contributed by atoms with van der Waals surface area (Å²) < 4.78 is 5.13. The Morgan fingerprint density at radius 2 is 2.00 bits per heavy atom. The monoisotopic (exact) mass is 367 g/mol. The van der Waals surface area contributed by atoms with Gasteiger partial charge in [0.2, 0.25) is 5.91 Å². The molecule has 6 nitrogen and oxygen atoms in total. The van der Waals surface area contributed by atoms with Crippen LogP contribution in [0, 0.1) is 0 Å². The molecule has 0 bridgehead atoms. The molecular weight excluding hydrogens is 353 g/mol. The fraction of sp³-hybridized carbons (Fsp3) is 0.250. The van der Waals surface area contributed by atoms with E-state index in [1.165, 1.54) is 23.3 Å². The normalized spacial score (nSPS) is 17.1. The number of carbonyl (C=O) groups is 2. The molecule has 3 rings (SSSR count). The zero-order valence-electron chi connectivity index (χ0n) is 12.6. The Morgan fingerprint density at radius 3 is 2.62 bits per heavy atom. The molecule has 0 unspecified atom stereocenters. The molecule has 126 valence electrons. The molecule has 0 spiro atoms. The van der Waals surface area contributed by atoms with Gasteiger partial charge >= 0.3 is 0 Å². The van der Waals surface area contributed by atoms with E-state index in [1.807, 2.05) is 0 Å². The van der Waals surface area contributed by atoms with Gasteiger partial charge in [-0.25, -0.2) is 0 Å². The standard InChI is InChI=1S/C16H15Cl2N3O3/c17-10-7-9(8-11(18)14(10)19)20-15(22)12-3-1-5-21(12)16(23)13-4-2-6-24-13/h2,4,6-8,12H,1,3,5,19H2,(H,20,22)/t12-/m0/s1. The van der Waals surface area contributed by atoms with Crippen LogP contribution in [0.2, 0.25) is 10.0 Å². The second-order valence-electron chi connectivity index (χ2n) is 5.48. The molecule has 24 heavy (non-hydrogen) atoms. The van der Waals surface area contributed by atoms with Gasteiger partial charge in [-0.3, -0.25) is 9.59 Å². The van der Waals surface area contributed by atoms with Crippen molar-refractivity contribution >= 4 is 46.4 Å². The number of hydrogen-bond donors (Lipinski definition) is 2. The highest BCUT2D eigenvalue weighted by Crippen LogP contribution is 2.31. The number of nitrogens with zero attached hydrogens (tertiary/aromatic N) is 1. The molecule has 3 N–H and O–H groups in total. The molecule has 1 aliphatic heterocycles. The van der Waals surface area contributed by atoms with E-state index in [0.717, 1.165) is 6.42 Å². The highest BCUT2D eigenvalue weighted by atomic mass is 35.5. The van der Waals surface area contributed by atoms with E-state index in [0.29, 0.717) is 18.7 Å².